The van der Waals surface area contributed by atoms with Gasteiger partial charge in [0.1, 0.15) is 0 Å². The Hall–Kier alpha value is -0.575. The number of rotatable bonds is 0. The van der Waals surface area contributed by atoms with Crippen molar-refractivity contribution in [3.8, 4) is 0 Å². The van der Waals surface area contributed by atoms with Crippen LogP contribution in [0.1, 0.15) is 27.7 Å². The third kappa shape index (κ3) is 9720. The first-order valence-electron chi connectivity index (χ1n) is 3.63. The second kappa shape index (κ2) is 29.9. The molecule has 0 saturated heterocycles. The van der Waals surface area contributed by atoms with Crippen molar-refractivity contribution in [1.29, 1.82) is 0 Å². The Labute approximate surface area is 137 Å². The maximum absolute atomic E-state index is 8.89. The predicted molar refractivity (Wildman–Crippen MR) is 48.5 cm³/mol. The summed E-state index contributed by atoms with van der Waals surface area (Å²) in [6, 6.07) is 0. The molecule has 0 rings (SSSR count). The molecular weight excluding hydrogens is 497 g/mol. The van der Waals surface area contributed by atoms with Crippen LogP contribution >= 0.6 is 0 Å². The van der Waals surface area contributed by atoms with Crippen LogP contribution in [0.4, 0.5) is 0 Å². The summed E-state index contributed by atoms with van der Waals surface area (Å²) >= 11 is 0. The Morgan fingerprint density at radius 2 is 0.556 bits per heavy atom. The van der Waals surface area contributed by atoms with Gasteiger partial charge in [-0.05, 0) is 27.7 Å². The van der Waals surface area contributed by atoms with Crippen molar-refractivity contribution in [3.63, 3.8) is 0 Å². The Bertz CT molecular complexity index is 167. The van der Waals surface area contributed by atoms with E-state index in [2.05, 4.69) is 0 Å². The molecule has 0 fully saturated rings. The molecule has 18 heavy (non-hydrogen) atoms. The van der Waals surface area contributed by atoms with E-state index >= 15 is 0 Å². The molecule has 2 radical (unpaired) electrons. The van der Waals surface area contributed by atoms with Crippen LogP contribution < -0.4 is 20.4 Å². The molecule has 98 valence electrons. The number of hydrogen-bond acceptors (Lipinski definition) is 8. The third-order valence-corrected chi connectivity index (χ3v) is 0. The maximum Gasteiger partial charge on any atom is 2.00 e. The maximum atomic E-state index is 8.89. The van der Waals surface area contributed by atoms with Crippen molar-refractivity contribution in [3.05, 3.63) is 0 Å². The Morgan fingerprint density at radius 3 is 0.556 bits per heavy atom. The first kappa shape index (κ1) is 36.0. The normalized spacial score (nSPS) is 5.56. The predicted octanol–water partition coefficient (Wildman–Crippen LogP) is -5.36. The van der Waals surface area contributed by atoms with Gasteiger partial charge in [-0.1, -0.05) is 0 Å². The van der Waals surface area contributed by atoms with E-state index in [1.54, 1.807) is 0 Å². The minimum Gasteiger partial charge on any atom is -0.550 e. The standard InChI is InChI=1S/4C2H4O2.Pb.Zn/c4*1-2(3)4;;/h4*1H3,(H,3,4);;/q;;;;2*+2/p-4. The largest absolute Gasteiger partial charge is 2.00 e. The van der Waals surface area contributed by atoms with E-state index in [1.165, 1.54) is 0 Å². The van der Waals surface area contributed by atoms with Crippen molar-refractivity contribution in [2.24, 2.45) is 0 Å². The van der Waals surface area contributed by atoms with E-state index in [4.69, 9.17) is 39.6 Å². The molecule has 0 aromatic heterocycles. The molecular formula is C8H12O8PbZn. The molecule has 0 spiro atoms. The summed E-state index contributed by atoms with van der Waals surface area (Å²) in [6.07, 6.45) is 0. The van der Waals surface area contributed by atoms with E-state index in [0.29, 0.717) is 0 Å². The molecule has 0 amide bonds. The minimum absolute atomic E-state index is 0. The number of carbonyl (C=O) groups excluding carboxylic acids is 4. The molecule has 0 saturated carbocycles. The van der Waals surface area contributed by atoms with E-state index in [0.717, 1.165) is 27.7 Å². The SMILES string of the molecule is CC(=O)[O-].CC(=O)[O-].CC(=O)[O-].CC(=O)[O-].[Pb+2].[Zn+2]. The first-order chi connectivity index (χ1) is 6.93. The number of aliphatic carboxylic acids is 4. The van der Waals surface area contributed by atoms with Crippen LogP contribution in [0.2, 0.25) is 0 Å². The summed E-state index contributed by atoms with van der Waals surface area (Å²) in [5.41, 5.74) is 0. The van der Waals surface area contributed by atoms with Gasteiger partial charge < -0.3 is 39.6 Å². The summed E-state index contributed by atoms with van der Waals surface area (Å²) in [4.78, 5) is 35.6. The van der Waals surface area contributed by atoms with Crippen molar-refractivity contribution >= 4 is 51.2 Å². The second-order valence-corrected chi connectivity index (χ2v) is 1.97. The molecule has 10 heteroatoms. The van der Waals surface area contributed by atoms with Crippen LogP contribution in [0.15, 0.2) is 0 Å². The molecule has 0 aliphatic heterocycles. The second-order valence-electron chi connectivity index (χ2n) is 1.97. The Balaban J connectivity index is -0.0000000257. The minimum atomic E-state index is -1.08. The van der Waals surface area contributed by atoms with Gasteiger partial charge in [-0.3, -0.25) is 0 Å². The van der Waals surface area contributed by atoms with Crippen LogP contribution in [0.5, 0.6) is 0 Å². The molecule has 8 nitrogen and oxygen atoms in total. The van der Waals surface area contributed by atoms with Gasteiger partial charge in [0.2, 0.25) is 0 Å². The van der Waals surface area contributed by atoms with Gasteiger partial charge in [0.25, 0.3) is 0 Å². The quantitative estimate of drug-likeness (QED) is 0.293. The van der Waals surface area contributed by atoms with Crippen molar-refractivity contribution in [1.82, 2.24) is 0 Å². The van der Waals surface area contributed by atoms with Crippen molar-refractivity contribution in [2.45, 2.75) is 27.7 Å². The van der Waals surface area contributed by atoms with Crippen molar-refractivity contribution < 1.29 is 59.1 Å². The average molecular weight is 509 g/mol. The van der Waals surface area contributed by atoms with Crippen LogP contribution in [0, 0.1) is 0 Å². The van der Waals surface area contributed by atoms with Gasteiger partial charge in [-0.25, -0.2) is 0 Å². The number of carboxylic acids is 4. The van der Waals surface area contributed by atoms with Crippen LogP contribution in [-0.2, 0) is 38.7 Å². The molecule has 0 heterocycles. The number of carboxylic acid groups (broad SMARTS) is 4. The molecule has 0 aliphatic rings. The van der Waals surface area contributed by atoms with Gasteiger partial charge in [0.05, 0.1) is 0 Å². The number of hydrogen-bond donors (Lipinski definition) is 0. The summed E-state index contributed by atoms with van der Waals surface area (Å²) in [6.45, 7) is 3.89. The molecule has 0 aliphatic carbocycles. The molecule has 0 bridgehead atoms. The van der Waals surface area contributed by atoms with Gasteiger partial charge in [-0.15, -0.1) is 0 Å². The molecule has 0 aromatic carbocycles. The molecule has 0 unspecified atom stereocenters. The molecule has 0 aromatic rings. The molecule has 0 N–H and O–H groups in total. The van der Waals surface area contributed by atoms with E-state index in [1.807, 2.05) is 0 Å². The smallest absolute Gasteiger partial charge is 0.550 e. The van der Waals surface area contributed by atoms with Crippen LogP contribution in [0.3, 0.4) is 0 Å². The fraction of sp³-hybridized carbons (Fsp3) is 0.500. The van der Waals surface area contributed by atoms with Gasteiger partial charge in [0, 0.05) is 23.9 Å². The Kier molecular flexibility index (Phi) is 59.9. The average Bonchev–Trinajstić information content (AvgIpc) is 1.76. The fourth-order valence-electron chi connectivity index (χ4n) is 0. The summed E-state index contributed by atoms with van der Waals surface area (Å²) in [5, 5.41) is 35.6. The van der Waals surface area contributed by atoms with E-state index in [9.17, 15) is 0 Å². The monoisotopic (exact) mass is 508 g/mol. The number of carbonyl (C=O) groups is 4. The summed E-state index contributed by atoms with van der Waals surface area (Å²) in [7, 11) is 0. The van der Waals surface area contributed by atoms with Crippen molar-refractivity contribution in [2.75, 3.05) is 0 Å². The van der Waals surface area contributed by atoms with E-state index in [-0.39, 0.29) is 46.8 Å². The van der Waals surface area contributed by atoms with Crippen LogP contribution in [0.25, 0.3) is 0 Å². The zero-order chi connectivity index (χ0) is 14.3. The van der Waals surface area contributed by atoms with Gasteiger partial charge in [0.15, 0.2) is 0 Å². The van der Waals surface area contributed by atoms with Gasteiger partial charge in [-0.2, -0.15) is 0 Å². The van der Waals surface area contributed by atoms with Crippen LogP contribution in [-0.4, -0.2) is 51.2 Å². The first-order valence-corrected chi connectivity index (χ1v) is 3.63. The third-order valence-electron chi connectivity index (χ3n) is 0. The van der Waals surface area contributed by atoms with Gasteiger partial charge >= 0.3 is 46.8 Å². The summed E-state index contributed by atoms with van der Waals surface area (Å²) in [5.74, 6) is -4.33. The van der Waals surface area contributed by atoms with E-state index < -0.39 is 23.9 Å². The molecule has 0 atom stereocenters. The zero-order valence-electron chi connectivity index (χ0n) is 10.5. The Morgan fingerprint density at radius 1 is 0.556 bits per heavy atom. The summed E-state index contributed by atoms with van der Waals surface area (Å²) < 4.78 is 0. The topological polar surface area (TPSA) is 161 Å². The fourth-order valence-corrected chi connectivity index (χ4v) is 0. The zero-order valence-corrected chi connectivity index (χ0v) is 17.3.